The zero-order valence-electron chi connectivity index (χ0n) is 22.3. The van der Waals surface area contributed by atoms with Gasteiger partial charge in [-0.3, -0.25) is 9.36 Å². The normalized spacial score (nSPS) is 14.5. The first kappa shape index (κ1) is 29.5. The minimum absolute atomic E-state index is 0.251. The largest absolute Gasteiger partial charge is 0.355 e. The van der Waals surface area contributed by atoms with E-state index in [-0.39, 0.29) is 5.91 Å². The average molecular weight is 536 g/mol. The monoisotopic (exact) mass is 535 g/mol. The molecular formula is C29H40F2NO4P. The van der Waals surface area contributed by atoms with Gasteiger partial charge in [0.15, 0.2) is 0 Å². The lowest BCUT2D eigenvalue weighted by Gasteiger charge is -2.19. The summed E-state index contributed by atoms with van der Waals surface area (Å²) < 4.78 is 53.6. The van der Waals surface area contributed by atoms with Crippen molar-refractivity contribution in [3.63, 3.8) is 0 Å². The molecule has 1 atom stereocenters. The van der Waals surface area contributed by atoms with Crippen molar-refractivity contribution in [1.82, 2.24) is 5.32 Å². The molecule has 1 unspecified atom stereocenters. The fourth-order valence-electron chi connectivity index (χ4n) is 4.72. The van der Waals surface area contributed by atoms with E-state index < -0.39 is 25.1 Å². The van der Waals surface area contributed by atoms with Crippen LogP contribution in [0.1, 0.15) is 88.3 Å². The summed E-state index contributed by atoms with van der Waals surface area (Å²) in [4.78, 5) is 13.0. The second-order valence-corrected chi connectivity index (χ2v) is 11.8. The summed E-state index contributed by atoms with van der Waals surface area (Å²) in [7, 11) is -3.19. The predicted octanol–water partition coefficient (Wildman–Crippen LogP) is 7.75. The maximum Gasteiger partial charge on any atom is 0.330 e. The third-order valence-electron chi connectivity index (χ3n) is 6.63. The molecule has 5 nitrogen and oxygen atoms in total. The molecule has 1 amide bonds. The molecule has 0 bridgehead atoms. The van der Waals surface area contributed by atoms with E-state index in [4.69, 9.17) is 9.05 Å². The maximum absolute atomic E-state index is 14.8. The zero-order chi connectivity index (χ0) is 26.8. The molecule has 2 aromatic rings. The number of amides is 1. The van der Waals surface area contributed by atoms with Crippen LogP contribution in [0.5, 0.6) is 0 Å². The van der Waals surface area contributed by atoms with Gasteiger partial charge in [-0.25, -0.2) is 8.78 Å². The third-order valence-corrected chi connectivity index (χ3v) is 8.65. The fourth-order valence-corrected chi connectivity index (χ4v) is 6.48. The quantitative estimate of drug-likeness (QED) is 0.176. The van der Waals surface area contributed by atoms with Crippen LogP contribution in [-0.4, -0.2) is 31.8 Å². The van der Waals surface area contributed by atoms with Gasteiger partial charge < -0.3 is 14.4 Å². The molecular weight excluding hydrogens is 495 g/mol. The number of fused-ring (bicyclic) bond motifs is 3. The molecule has 1 aliphatic rings. The van der Waals surface area contributed by atoms with Gasteiger partial charge in [0.1, 0.15) is 11.6 Å². The number of hydrogen-bond acceptors (Lipinski definition) is 4. The molecule has 0 aliphatic heterocycles. The molecule has 3 rings (SSSR count). The van der Waals surface area contributed by atoms with Crippen molar-refractivity contribution in [2.24, 2.45) is 0 Å². The standard InChI is InChI=1S/C29H40F2NO4P/c1-4-7-15-35-37(34,36-16-8-5-2)17-10-9-11-21-18-23(31)20-26-27(21)24-13-12-22(30)19-25(24)28(26)29(33)32-14-6-3/h12-13,18-20,28H,4-11,14-17H2,1-3H3,(H,32,33). The summed E-state index contributed by atoms with van der Waals surface area (Å²) >= 11 is 0. The van der Waals surface area contributed by atoms with Gasteiger partial charge >= 0.3 is 7.60 Å². The van der Waals surface area contributed by atoms with Gasteiger partial charge in [-0.2, -0.15) is 0 Å². The summed E-state index contributed by atoms with van der Waals surface area (Å²) in [5, 5.41) is 2.88. The van der Waals surface area contributed by atoms with Crippen molar-refractivity contribution in [1.29, 1.82) is 0 Å². The van der Waals surface area contributed by atoms with Crippen molar-refractivity contribution in [3.05, 3.63) is 58.7 Å². The van der Waals surface area contributed by atoms with Gasteiger partial charge in [-0.1, -0.05) is 39.7 Å². The van der Waals surface area contributed by atoms with E-state index in [1.807, 2.05) is 20.8 Å². The zero-order valence-corrected chi connectivity index (χ0v) is 23.2. The predicted molar refractivity (Wildman–Crippen MR) is 144 cm³/mol. The first-order valence-electron chi connectivity index (χ1n) is 13.6. The highest BCUT2D eigenvalue weighted by Gasteiger charge is 2.36. The Balaban J connectivity index is 1.78. The van der Waals surface area contributed by atoms with Gasteiger partial charge in [0.05, 0.1) is 25.3 Å². The number of carbonyl (C=O) groups excluding carboxylic acids is 1. The Hall–Kier alpha value is -2.08. The van der Waals surface area contributed by atoms with Gasteiger partial charge in [0, 0.05) is 6.54 Å². The van der Waals surface area contributed by atoms with E-state index in [1.165, 1.54) is 24.3 Å². The molecule has 0 aromatic heterocycles. The van der Waals surface area contributed by atoms with E-state index in [0.717, 1.165) is 48.8 Å². The molecule has 0 radical (unpaired) electrons. The first-order valence-corrected chi connectivity index (χ1v) is 15.3. The topological polar surface area (TPSA) is 64.6 Å². The van der Waals surface area contributed by atoms with Crippen LogP contribution in [0.4, 0.5) is 8.78 Å². The molecule has 0 saturated heterocycles. The summed E-state index contributed by atoms with van der Waals surface area (Å²) in [6.07, 6.45) is 6.39. The van der Waals surface area contributed by atoms with Gasteiger partial charge in [0.2, 0.25) is 5.91 Å². The maximum atomic E-state index is 14.8. The van der Waals surface area contributed by atoms with Crippen molar-refractivity contribution in [3.8, 4) is 11.1 Å². The number of halogens is 2. The van der Waals surface area contributed by atoms with Crippen molar-refractivity contribution >= 4 is 13.5 Å². The van der Waals surface area contributed by atoms with Crippen LogP contribution >= 0.6 is 7.60 Å². The van der Waals surface area contributed by atoms with Crippen molar-refractivity contribution in [2.45, 2.75) is 78.1 Å². The molecule has 2 aromatic carbocycles. The Morgan fingerprint density at radius 2 is 1.57 bits per heavy atom. The lowest BCUT2D eigenvalue weighted by atomic mass is 9.93. The Morgan fingerprint density at radius 3 is 2.22 bits per heavy atom. The summed E-state index contributed by atoms with van der Waals surface area (Å²) in [6.45, 7) is 7.37. The average Bonchev–Trinajstić information content (AvgIpc) is 3.18. The van der Waals surface area contributed by atoms with Crippen molar-refractivity contribution < 1.29 is 27.2 Å². The van der Waals surface area contributed by atoms with Crippen LogP contribution in [0.2, 0.25) is 0 Å². The highest BCUT2D eigenvalue weighted by Crippen LogP contribution is 2.50. The number of nitrogens with one attached hydrogen (secondary N) is 1. The second kappa shape index (κ2) is 14.2. The van der Waals surface area contributed by atoms with E-state index in [0.29, 0.717) is 56.3 Å². The Kier molecular flexibility index (Phi) is 11.3. The lowest BCUT2D eigenvalue weighted by molar-refractivity contribution is -0.121. The molecule has 8 heteroatoms. The minimum atomic E-state index is -3.19. The van der Waals surface area contributed by atoms with Crippen LogP contribution in [-0.2, 0) is 24.8 Å². The highest BCUT2D eigenvalue weighted by atomic mass is 31.2. The highest BCUT2D eigenvalue weighted by molar-refractivity contribution is 7.53. The van der Waals surface area contributed by atoms with Gasteiger partial charge in [-0.05, 0) is 90.6 Å². The third kappa shape index (κ3) is 7.72. The number of rotatable bonds is 16. The Morgan fingerprint density at radius 1 is 0.892 bits per heavy atom. The molecule has 0 heterocycles. The van der Waals surface area contributed by atoms with Crippen LogP contribution in [0, 0.1) is 11.6 Å². The SMILES string of the molecule is CCCCOP(=O)(CCCCc1cc(F)cc2c1-c1ccc(F)cc1C2C(=O)NCCC)OCCCC. The lowest BCUT2D eigenvalue weighted by Crippen LogP contribution is -2.29. The minimum Gasteiger partial charge on any atom is -0.355 e. The Bertz CT molecular complexity index is 1090. The van der Waals surface area contributed by atoms with E-state index >= 15 is 0 Å². The van der Waals surface area contributed by atoms with E-state index in [9.17, 15) is 18.1 Å². The fraction of sp³-hybridized carbons (Fsp3) is 0.552. The van der Waals surface area contributed by atoms with Crippen LogP contribution in [0.15, 0.2) is 30.3 Å². The van der Waals surface area contributed by atoms with Crippen LogP contribution in [0.3, 0.4) is 0 Å². The van der Waals surface area contributed by atoms with Crippen LogP contribution in [0.25, 0.3) is 11.1 Å². The number of benzene rings is 2. The smallest absolute Gasteiger partial charge is 0.330 e. The Labute approximate surface area is 219 Å². The number of hydrogen-bond donors (Lipinski definition) is 1. The van der Waals surface area contributed by atoms with E-state index in [2.05, 4.69) is 5.32 Å². The molecule has 0 fully saturated rings. The van der Waals surface area contributed by atoms with Crippen molar-refractivity contribution in [2.75, 3.05) is 25.9 Å². The summed E-state index contributed by atoms with van der Waals surface area (Å²) in [6, 6.07) is 7.32. The van der Waals surface area contributed by atoms with Crippen LogP contribution < -0.4 is 5.32 Å². The molecule has 204 valence electrons. The number of aryl methyl sites for hydroxylation is 1. The van der Waals surface area contributed by atoms with E-state index in [1.54, 1.807) is 6.07 Å². The number of carbonyl (C=O) groups is 1. The molecule has 1 N–H and O–H groups in total. The molecule has 37 heavy (non-hydrogen) atoms. The number of unbranched alkanes of at least 4 members (excludes halogenated alkanes) is 3. The molecule has 0 spiro atoms. The summed E-state index contributed by atoms with van der Waals surface area (Å²) in [5.41, 5.74) is 3.46. The molecule has 0 saturated carbocycles. The van der Waals surface area contributed by atoms with Gasteiger partial charge in [-0.15, -0.1) is 0 Å². The summed E-state index contributed by atoms with van der Waals surface area (Å²) in [5.74, 6) is -1.85. The first-order chi connectivity index (χ1) is 17.8. The second-order valence-electron chi connectivity index (χ2n) is 9.65. The van der Waals surface area contributed by atoms with Gasteiger partial charge in [0.25, 0.3) is 0 Å². The molecule has 1 aliphatic carbocycles.